The standard InChI is InChI=1S/C21H28N4O4/c1-4-29-18-7-5-16(13-19(18)27-3)15(2)23-21(26)24-17-6-8-20(22-14-17)25-9-11-28-12-10-25/h5-8,13-15H,4,9-12H2,1-3H3,(H2,23,24,26)/t15-/m1/s1. The van der Waals surface area contributed by atoms with Crippen molar-refractivity contribution < 1.29 is 19.0 Å². The van der Waals surface area contributed by atoms with E-state index in [4.69, 9.17) is 14.2 Å². The Kier molecular flexibility index (Phi) is 7.13. The Morgan fingerprint density at radius 3 is 2.69 bits per heavy atom. The van der Waals surface area contributed by atoms with Gasteiger partial charge in [-0.1, -0.05) is 6.07 Å². The maximum atomic E-state index is 12.4. The molecule has 0 spiro atoms. The normalized spacial score (nSPS) is 14.8. The number of carbonyl (C=O) groups excluding carboxylic acids is 1. The highest BCUT2D eigenvalue weighted by molar-refractivity contribution is 5.89. The van der Waals surface area contributed by atoms with E-state index in [-0.39, 0.29) is 12.1 Å². The second-order valence-electron chi connectivity index (χ2n) is 6.67. The highest BCUT2D eigenvalue weighted by Gasteiger charge is 2.15. The Balaban J connectivity index is 1.57. The Labute approximate surface area is 171 Å². The van der Waals surface area contributed by atoms with Gasteiger partial charge in [0, 0.05) is 13.1 Å². The molecule has 1 aliphatic heterocycles. The smallest absolute Gasteiger partial charge is 0.319 e. The minimum Gasteiger partial charge on any atom is -0.493 e. The quantitative estimate of drug-likeness (QED) is 0.742. The predicted molar refractivity (Wildman–Crippen MR) is 112 cm³/mol. The van der Waals surface area contributed by atoms with E-state index in [1.807, 2.05) is 44.2 Å². The van der Waals surface area contributed by atoms with Crippen molar-refractivity contribution in [2.24, 2.45) is 0 Å². The van der Waals surface area contributed by atoms with Gasteiger partial charge in [-0.3, -0.25) is 0 Å². The number of rotatable bonds is 7. The molecule has 0 saturated carbocycles. The summed E-state index contributed by atoms with van der Waals surface area (Å²) >= 11 is 0. The van der Waals surface area contributed by atoms with E-state index in [9.17, 15) is 4.79 Å². The van der Waals surface area contributed by atoms with Gasteiger partial charge in [0.15, 0.2) is 11.5 Å². The second-order valence-corrected chi connectivity index (χ2v) is 6.67. The molecule has 3 rings (SSSR count). The molecule has 0 aliphatic carbocycles. The molecule has 1 fully saturated rings. The molecule has 2 N–H and O–H groups in total. The van der Waals surface area contributed by atoms with E-state index in [1.165, 1.54) is 0 Å². The van der Waals surface area contributed by atoms with Crippen LogP contribution in [0.2, 0.25) is 0 Å². The Morgan fingerprint density at radius 1 is 1.24 bits per heavy atom. The number of ether oxygens (including phenoxy) is 3. The number of aromatic nitrogens is 1. The van der Waals surface area contributed by atoms with Crippen LogP contribution in [0.3, 0.4) is 0 Å². The molecule has 1 saturated heterocycles. The van der Waals surface area contributed by atoms with E-state index in [0.717, 1.165) is 24.5 Å². The number of morpholine rings is 1. The van der Waals surface area contributed by atoms with Gasteiger partial charge in [-0.2, -0.15) is 0 Å². The van der Waals surface area contributed by atoms with Gasteiger partial charge in [0.1, 0.15) is 5.82 Å². The molecule has 156 valence electrons. The lowest BCUT2D eigenvalue weighted by Crippen LogP contribution is -2.36. The van der Waals surface area contributed by atoms with Crippen molar-refractivity contribution >= 4 is 17.5 Å². The SMILES string of the molecule is CCOc1ccc([C@@H](C)NC(=O)Nc2ccc(N3CCOCC3)nc2)cc1OC. The fourth-order valence-corrected chi connectivity index (χ4v) is 3.11. The summed E-state index contributed by atoms with van der Waals surface area (Å²) in [6.07, 6.45) is 1.66. The molecular weight excluding hydrogens is 372 g/mol. The lowest BCUT2D eigenvalue weighted by Gasteiger charge is -2.27. The number of amides is 2. The van der Waals surface area contributed by atoms with E-state index >= 15 is 0 Å². The van der Waals surface area contributed by atoms with Crippen LogP contribution >= 0.6 is 0 Å². The zero-order valence-corrected chi connectivity index (χ0v) is 17.1. The van der Waals surface area contributed by atoms with E-state index in [0.29, 0.717) is 37.0 Å². The highest BCUT2D eigenvalue weighted by atomic mass is 16.5. The third-order valence-corrected chi connectivity index (χ3v) is 4.68. The predicted octanol–water partition coefficient (Wildman–Crippen LogP) is 3.21. The summed E-state index contributed by atoms with van der Waals surface area (Å²) in [6, 6.07) is 8.88. The van der Waals surface area contributed by atoms with Crippen LogP contribution in [0, 0.1) is 0 Å². The summed E-state index contributed by atoms with van der Waals surface area (Å²) in [5, 5.41) is 5.75. The molecule has 0 bridgehead atoms. The number of hydrogen-bond donors (Lipinski definition) is 2. The zero-order valence-electron chi connectivity index (χ0n) is 17.1. The molecule has 8 nitrogen and oxygen atoms in total. The Morgan fingerprint density at radius 2 is 2.03 bits per heavy atom. The van der Waals surface area contributed by atoms with Crippen molar-refractivity contribution in [3.8, 4) is 11.5 Å². The third kappa shape index (κ3) is 5.51. The summed E-state index contributed by atoms with van der Waals surface area (Å²) in [5.74, 6) is 2.21. The van der Waals surface area contributed by atoms with Gasteiger partial charge in [0.25, 0.3) is 0 Å². The molecule has 1 aliphatic rings. The fourth-order valence-electron chi connectivity index (χ4n) is 3.11. The van der Waals surface area contributed by atoms with Gasteiger partial charge in [-0.05, 0) is 43.7 Å². The molecular formula is C21H28N4O4. The van der Waals surface area contributed by atoms with Crippen LogP contribution in [0.4, 0.5) is 16.3 Å². The van der Waals surface area contributed by atoms with Crippen LogP contribution in [0.5, 0.6) is 11.5 Å². The van der Waals surface area contributed by atoms with E-state index < -0.39 is 0 Å². The molecule has 0 radical (unpaired) electrons. The van der Waals surface area contributed by atoms with Crippen LogP contribution in [-0.4, -0.2) is 51.0 Å². The third-order valence-electron chi connectivity index (χ3n) is 4.68. The van der Waals surface area contributed by atoms with Crippen LogP contribution in [0.15, 0.2) is 36.5 Å². The topological polar surface area (TPSA) is 85.0 Å². The molecule has 1 aromatic carbocycles. The fraction of sp³-hybridized carbons (Fsp3) is 0.429. The maximum absolute atomic E-state index is 12.4. The monoisotopic (exact) mass is 400 g/mol. The first-order valence-electron chi connectivity index (χ1n) is 9.77. The minimum absolute atomic E-state index is 0.208. The molecule has 2 amide bonds. The lowest BCUT2D eigenvalue weighted by molar-refractivity contribution is 0.122. The van der Waals surface area contributed by atoms with Crippen LogP contribution in [0.1, 0.15) is 25.5 Å². The van der Waals surface area contributed by atoms with Gasteiger partial charge in [-0.25, -0.2) is 9.78 Å². The first kappa shape index (κ1) is 20.7. The average Bonchev–Trinajstić information content (AvgIpc) is 2.75. The van der Waals surface area contributed by atoms with Gasteiger partial charge in [-0.15, -0.1) is 0 Å². The average molecular weight is 400 g/mol. The summed E-state index contributed by atoms with van der Waals surface area (Å²) in [6.45, 7) is 7.45. The number of hydrogen-bond acceptors (Lipinski definition) is 6. The molecule has 1 atom stereocenters. The van der Waals surface area contributed by atoms with Crippen molar-refractivity contribution in [3.05, 3.63) is 42.1 Å². The number of nitrogens with zero attached hydrogens (tertiary/aromatic N) is 2. The van der Waals surface area contributed by atoms with Gasteiger partial charge >= 0.3 is 6.03 Å². The maximum Gasteiger partial charge on any atom is 0.319 e. The van der Waals surface area contributed by atoms with Crippen molar-refractivity contribution in [2.45, 2.75) is 19.9 Å². The van der Waals surface area contributed by atoms with Crippen molar-refractivity contribution in [3.63, 3.8) is 0 Å². The number of carbonyl (C=O) groups is 1. The van der Waals surface area contributed by atoms with Gasteiger partial charge in [0.05, 0.1) is 44.9 Å². The van der Waals surface area contributed by atoms with E-state index in [2.05, 4.69) is 20.5 Å². The number of urea groups is 1. The summed E-state index contributed by atoms with van der Waals surface area (Å²) < 4.78 is 16.3. The Hall–Kier alpha value is -3.00. The lowest BCUT2D eigenvalue weighted by atomic mass is 10.1. The van der Waals surface area contributed by atoms with Crippen LogP contribution in [0.25, 0.3) is 0 Å². The number of benzene rings is 1. The largest absolute Gasteiger partial charge is 0.493 e. The Bertz CT molecular complexity index is 807. The molecule has 1 aromatic heterocycles. The number of nitrogens with one attached hydrogen (secondary N) is 2. The minimum atomic E-state index is -0.300. The molecule has 8 heteroatoms. The molecule has 0 unspecified atom stereocenters. The molecule has 2 aromatic rings. The first-order chi connectivity index (χ1) is 14.1. The van der Waals surface area contributed by atoms with Crippen LogP contribution in [-0.2, 0) is 4.74 Å². The summed E-state index contributed by atoms with van der Waals surface area (Å²) in [5.41, 5.74) is 1.55. The molecule has 29 heavy (non-hydrogen) atoms. The van der Waals surface area contributed by atoms with Crippen molar-refractivity contribution in [1.82, 2.24) is 10.3 Å². The number of methoxy groups -OCH3 is 1. The van der Waals surface area contributed by atoms with E-state index in [1.54, 1.807) is 13.3 Å². The van der Waals surface area contributed by atoms with Crippen LogP contribution < -0.4 is 25.0 Å². The second kappa shape index (κ2) is 9.97. The zero-order chi connectivity index (χ0) is 20.6. The summed E-state index contributed by atoms with van der Waals surface area (Å²) in [4.78, 5) is 19.0. The van der Waals surface area contributed by atoms with Crippen molar-refractivity contribution in [2.75, 3.05) is 50.2 Å². The van der Waals surface area contributed by atoms with Gasteiger partial charge in [0.2, 0.25) is 0 Å². The van der Waals surface area contributed by atoms with Gasteiger partial charge < -0.3 is 29.7 Å². The highest BCUT2D eigenvalue weighted by Crippen LogP contribution is 2.30. The number of anilines is 2. The molecule has 2 heterocycles. The van der Waals surface area contributed by atoms with Crippen molar-refractivity contribution in [1.29, 1.82) is 0 Å². The first-order valence-corrected chi connectivity index (χ1v) is 9.77. The summed E-state index contributed by atoms with van der Waals surface area (Å²) in [7, 11) is 1.60. The number of pyridine rings is 1.